The van der Waals surface area contributed by atoms with Gasteiger partial charge in [0.1, 0.15) is 5.00 Å². The first-order valence-corrected chi connectivity index (χ1v) is 10.5. The summed E-state index contributed by atoms with van der Waals surface area (Å²) < 4.78 is 6.11. The molecule has 0 bridgehead atoms. The van der Waals surface area contributed by atoms with Crippen LogP contribution < -0.4 is 5.32 Å². The number of nitrogens with one attached hydrogen (secondary N) is 1. The van der Waals surface area contributed by atoms with Crippen LogP contribution >= 0.6 is 27.3 Å². The summed E-state index contributed by atoms with van der Waals surface area (Å²) in [6, 6.07) is 7.26. The molecule has 138 valence electrons. The van der Waals surface area contributed by atoms with Gasteiger partial charge in [0.05, 0.1) is 17.7 Å². The molecule has 0 spiro atoms. The van der Waals surface area contributed by atoms with Crippen molar-refractivity contribution in [3.63, 3.8) is 0 Å². The summed E-state index contributed by atoms with van der Waals surface area (Å²) in [5.74, 6) is 0.0301. The molecule has 6 heteroatoms. The topological polar surface area (TPSA) is 55.4 Å². The Bertz CT molecular complexity index is 830. The summed E-state index contributed by atoms with van der Waals surface area (Å²) in [7, 11) is 0. The van der Waals surface area contributed by atoms with Gasteiger partial charge in [-0.1, -0.05) is 26.0 Å². The number of rotatable bonds is 5. The minimum atomic E-state index is -0.332. The molecule has 0 aliphatic heterocycles. The average Bonchev–Trinajstić information content (AvgIpc) is 2.96. The summed E-state index contributed by atoms with van der Waals surface area (Å²) in [5.41, 5.74) is 2.14. The highest BCUT2D eigenvalue weighted by Crippen LogP contribution is 2.40. The van der Waals surface area contributed by atoms with Crippen LogP contribution in [0.4, 0.5) is 5.00 Å². The van der Waals surface area contributed by atoms with Crippen LogP contribution in [0.5, 0.6) is 0 Å². The fraction of sp³-hybridized carbons (Fsp3) is 0.400. The molecular formula is C20H22BrNO3S. The summed E-state index contributed by atoms with van der Waals surface area (Å²) in [6.45, 7) is 4.57. The number of fused-ring (bicyclic) bond motifs is 1. The molecule has 1 heterocycles. The molecule has 0 fully saturated rings. The van der Waals surface area contributed by atoms with Crippen LogP contribution in [0.1, 0.15) is 57.8 Å². The molecule has 1 aromatic carbocycles. The number of amides is 1. The van der Waals surface area contributed by atoms with Crippen molar-refractivity contribution in [3.05, 3.63) is 50.3 Å². The van der Waals surface area contributed by atoms with Crippen molar-refractivity contribution >= 4 is 44.1 Å². The van der Waals surface area contributed by atoms with Gasteiger partial charge in [0.15, 0.2) is 0 Å². The van der Waals surface area contributed by atoms with Crippen LogP contribution in [0, 0.1) is 5.92 Å². The first kappa shape index (κ1) is 19.1. The molecule has 1 aliphatic rings. The van der Waals surface area contributed by atoms with Gasteiger partial charge in [-0.15, -0.1) is 11.3 Å². The van der Waals surface area contributed by atoms with Gasteiger partial charge < -0.3 is 10.1 Å². The molecule has 0 radical (unpaired) electrons. The smallest absolute Gasteiger partial charge is 0.341 e. The van der Waals surface area contributed by atoms with Gasteiger partial charge >= 0.3 is 5.97 Å². The fourth-order valence-corrected chi connectivity index (χ4v) is 5.00. The number of ether oxygens (including phenoxy) is 1. The lowest BCUT2D eigenvalue weighted by Crippen LogP contribution is -2.17. The minimum absolute atomic E-state index is 0.228. The summed E-state index contributed by atoms with van der Waals surface area (Å²) in [5, 5.41) is 3.55. The average molecular weight is 436 g/mol. The quantitative estimate of drug-likeness (QED) is 0.634. The van der Waals surface area contributed by atoms with Crippen LogP contribution in [0.2, 0.25) is 0 Å². The molecule has 1 unspecified atom stereocenters. The van der Waals surface area contributed by atoms with E-state index in [0.29, 0.717) is 28.7 Å². The van der Waals surface area contributed by atoms with Crippen LogP contribution in [0.25, 0.3) is 0 Å². The second-order valence-corrected chi connectivity index (χ2v) is 8.59. The van der Waals surface area contributed by atoms with E-state index >= 15 is 0 Å². The van der Waals surface area contributed by atoms with E-state index < -0.39 is 0 Å². The maximum atomic E-state index is 12.7. The highest BCUT2D eigenvalue weighted by molar-refractivity contribution is 9.10. The van der Waals surface area contributed by atoms with Gasteiger partial charge in [0.25, 0.3) is 5.91 Å². The third-order valence-electron chi connectivity index (χ3n) is 4.50. The number of hydrogen-bond acceptors (Lipinski definition) is 4. The second-order valence-electron chi connectivity index (χ2n) is 6.63. The van der Waals surface area contributed by atoms with Crippen molar-refractivity contribution in [3.8, 4) is 0 Å². The first-order chi connectivity index (χ1) is 12.5. The Morgan fingerprint density at radius 1 is 1.35 bits per heavy atom. The lowest BCUT2D eigenvalue weighted by Gasteiger charge is -2.18. The van der Waals surface area contributed by atoms with Crippen molar-refractivity contribution in [2.24, 2.45) is 5.92 Å². The van der Waals surface area contributed by atoms with Gasteiger partial charge in [-0.3, -0.25) is 4.79 Å². The summed E-state index contributed by atoms with van der Waals surface area (Å²) >= 11 is 4.92. The third-order valence-corrected chi connectivity index (χ3v) is 6.36. The predicted molar refractivity (Wildman–Crippen MR) is 108 cm³/mol. The Morgan fingerprint density at radius 2 is 2.12 bits per heavy atom. The van der Waals surface area contributed by atoms with E-state index in [2.05, 4.69) is 28.2 Å². The molecule has 1 aromatic heterocycles. The van der Waals surface area contributed by atoms with Gasteiger partial charge in [0.2, 0.25) is 0 Å². The normalized spacial score (nSPS) is 16.0. The Balaban J connectivity index is 1.94. The van der Waals surface area contributed by atoms with E-state index in [1.54, 1.807) is 6.07 Å². The van der Waals surface area contributed by atoms with E-state index in [1.807, 2.05) is 25.1 Å². The summed E-state index contributed by atoms with van der Waals surface area (Å²) in [4.78, 5) is 26.6. The lowest BCUT2D eigenvalue weighted by molar-refractivity contribution is 0.0505. The molecule has 2 aromatic rings. The van der Waals surface area contributed by atoms with E-state index in [0.717, 1.165) is 35.7 Å². The molecular weight excluding hydrogens is 414 g/mol. The van der Waals surface area contributed by atoms with Crippen molar-refractivity contribution in [1.82, 2.24) is 0 Å². The number of thiophene rings is 1. The van der Waals surface area contributed by atoms with Crippen molar-refractivity contribution in [2.45, 2.75) is 39.5 Å². The third kappa shape index (κ3) is 4.01. The number of benzene rings is 1. The zero-order valence-electron chi connectivity index (χ0n) is 14.9. The van der Waals surface area contributed by atoms with Crippen molar-refractivity contribution < 1.29 is 14.3 Å². The van der Waals surface area contributed by atoms with Gasteiger partial charge in [-0.2, -0.15) is 0 Å². The molecule has 1 atom stereocenters. The van der Waals surface area contributed by atoms with E-state index in [4.69, 9.17) is 4.74 Å². The second kappa shape index (κ2) is 8.35. The van der Waals surface area contributed by atoms with Crippen LogP contribution in [0.15, 0.2) is 28.7 Å². The first-order valence-electron chi connectivity index (χ1n) is 8.88. The molecule has 4 nitrogen and oxygen atoms in total. The number of halogens is 1. The van der Waals surface area contributed by atoms with E-state index in [-0.39, 0.29) is 11.9 Å². The van der Waals surface area contributed by atoms with Gasteiger partial charge in [-0.05, 0) is 65.2 Å². The summed E-state index contributed by atoms with van der Waals surface area (Å²) in [6.07, 6.45) is 3.62. The number of carbonyl (C=O) groups is 2. The lowest BCUT2D eigenvalue weighted by atomic mass is 9.88. The number of hydrogen-bond donors (Lipinski definition) is 1. The standard InChI is InChI=1S/C20H22BrNO3S/c1-3-10-25-20(24)17-14-9-8-12(2)11-16(14)26-19(17)22-18(23)13-6-4-5-7-15(13)21/h4-7,12H,3,8-11H2,1-2H3,(H,22,23). The van der Waals surface area contributed by atoms with Crippen LogP contribution in [0.3, 0.4) is 0 Å². The maximum Gasteiger partial charge on any atom is 0.341 e. The molecule has 26 heavy (non-hydrogen) atoms. The van der Waals surface area contributed by atoms with Crippen LogP contribution in [-0.2, 0) is 17.6 Å². The molecule has 0 saturated carbocycles. The highest BCUT2D eigenvalue weighted by Gasteiger charge is 2.29. The molecule has 3 rings (SSSR count). The highest BCUT2D eigenvalue weighted by atomic mass is 79.9. The van der Waals surface area contributed by atoms with Crippen molar-refractivity contribution in [2.75, 3.05) is 11.9 Å². The van der Waals surface area contributed by atoms with Crippen molar-refractivity contribution in [1.29, 1.82) is 0 Å². The zero-order chi connectivity index (χ0) is 18.7. The Kier molecular flexibility index (Phi) is 6.14. The van der Waals surface area contributed by atoms with E-state index in [1.165, 1.54) is 16.2 Å². The van der Waals surface area contributed by atoms with Gasteiger partial charge in [-0.25, -0.2) is 4.79 Å². The molecule has 1 amide bonds. The van der Waals surface area contributed by atoms with E-state index in [9.17, 15) is 9.59 Å². The largest absolute Gasteiger partial charge is 0.462 e. The molecule has 1 N–H and O–H groups in total. The maximum absolute atomic E-state index is 12.7. The number of anilines is 1. The Hall–Kier alpha value is -1.66. The fourth-order valence-electron chi connectivity index (χ4n) is 3.14. The minimum Gasteiger partial charge on any atom is -0.462 e. The van der Waals surface area contributed by atoms with Gasteiger partial charge in [0, 0.05) is 9.35 Å². The number of esters is 1. The monoisotopic (exact) mass is 435 g/mol. The number of carbonyl (C=O) groups excluding carboxylic acids is 2. The van der Waals surface area contributed by atoms with Crippen LogP contribution in [-0.4, -0.2) is 18.5 Å². The SMILES string of the molecule is CCCOC(=O)c1c(NC(=O)c2ccccc2Br)sc2c1CCC(C)C2. The Labute approximate surface area is 166 Å². The Morgan fingerprint density at radius 3 is 2.85 bits per heavy atom. The zero-order valence-corrected chi connectivity index (χ0v) is 17.3. The predicted octanol–water partition coefficient (Wildman–Crippen LogP) is 5.45. The molecule has 0 saturated heterocycles. The molecule has 1 aliphatic carbocycles.